The van der Waals surface area contributed by atoms with E-state index in [9.17, 15) is 14.4 Å². The molecule has 1 aromatic carbocycles. The third kappa shape index (κ3) is 5.23. The second-order valence-corrected chi connectivity index (χ2v) is 6.05. The number of anilines is 1. The standard InChI is InChI=1S/C14H15ClN2O4S/c15-10-2-1-3-11(8-10)16-12(18)9-21-13(19)4-5-17-6-7-22-14(17)20/h1-3,8H,4-7,9H2,(H,16,18). The molecule has 1 aromatic rings. The first kappa shape index (κ1) is 16.6. The second-order valence-electron chi connectivity index (χ2n) is 4.57. The van der Waals surface area contributed by atoms with E-state index in [2.05, 4.69) is 5.32 Å². The van der Waals surface area contributed by atoms with E-state index in [0.717, 1.165) is 5.75 Å². The van der Waals surface area contributed by atoms with Crippen molar-refractivity contribution < 1.29 is 19.1 Å². The number of carbonyl (C=O) groups is 3. The fraction of sp³-hybridized carbons (Fsp3) is 0.357. The number of carbonyl (C=O) groups excluding carboxylic acids is 3. The van der Waals surface area contributed by atoms with E-state index in [4.69, 9.17) is 16.3 Å². The highest BCUT2D eigenvalue weighted by atomic mass is 35.5. The lowest BCUT2D eigenvalue weighted by Crippen LogP contribution is -2.27. The summed E-state index contributed by atoms with van der Waals surface area (Å²) in [4.78, 5) is 36.1. The molecule has 1 N–H and O–H groups in total. The summed E-state index contributed by atoms with van der Waals surface area (Å²) in [6.45, 7) is 0.598. The third-order valence-electron chi connectivity index (χ3n) is 2.90. The molecule has 6 nitrogen and oxygen atoms in total. The summed E-state index contributed by atoms with van der Waals surface area (Å²) in [5, 5.41) is 3.05. The van der Waals surface area contributed by atoms with Crippen LogP contribution >= 0.6 is 23.4 Å². The maximum absolute atomic E-state index is 11.6. The van der Waals surface area contributed by atoms with Crippen molar-refractivity contribution in [3.8, 4) is 0 Å². The summed E-state index contributed by atoms with van der Waals surface area (Å²) < 4.78 is 4.87. The van der Waals surface area contributed by atoms with Crippen LogP contribution in [0.1, 0.15) is 6.42 Å². The molecule has 118 valence electrons. The number of benzene rings is 1. The Balaban J connectivity index is 1.67. The second kappa shape index (κ2) is 8.05. The number of ether oxygens (including phenoxy) is 1. The Morgan fingerprint density at radius 1 is 1.41 bits per heavy atom. The van der Waals surface area contributed by atoms with Gasteiger partial charge in [0.1, 0.15) is 0 Å². The molecule has 1 aliphatic rings. The summed E-state index contributed by atoms with van der Waals surface area (Å²) in [6.07, 6.45) is 0.0801. The molecule has 0 radical (unpaired) electrons. The zero-order valence-electron chi connectivity index (χ0n) is 11.7. The molecule has 2 amide bonds. The minimum absolute atomic E-state index is 0.0218. The molecule has 8 heteroatoms. The number of amides is 2. The number of rotatable bonds is 6. The highest BCUT2D eigenvalue weighted by Crippen LogP contribution is 2.17. The van der Waals surface area contributed by atoms with Crippen molar-refractivity contribution >= 4 is 46.2 Å². The average Bonchev–Trinajstić information content (AvgIpc) is 2.88. The maximum Gasteiger partial charge on any atom is 0.308 e. The maximum atomic E-state index is 11.6. The molecule has 0 unspecified atom stereocenters. The Morgan fingerprint density at radius 3 is 2.91 bits per heavy atom. The minimum atomic E-state index is -0.508. The number of halogens is 1. The van der Waals surface area contributed by atoms with Crippen LogP contribution in [0.3, 0.4) is 0 Å². The number of nitrogens with one attached hydrogen (secondary N) is 1. The predicted molar refractivity (Wildman–Crippen MR) is 85.1 cm³/mol. The lowest BCUT2D eigenvalue weighted by atomic mass is 10.3. The van der Waals surface area contributed by atoms with Gasteiger partial charge >= 0.3 is 5.97 Å². The van der Waals surface area contributed by atoms with Gasteiger partial charge in [0.25, 0.3) is 11.1 Å². The summed E-state index contributed by atoms with van der Waals surface area (Å²) in [5.74, 6) is -0.204. The number of hydrogen-bond acceptors (Lipinski definition) is 5. The van der Waals surface area contributed by atoms with Gasteiger partial charge in [0.15, 0.2) is 6.61 Å². The van der Waals surface area contributed by atoms with Crippen molar-refractivity contribution in [3.05, 3.63) is 29.3 Å². The zero-order valence-corrected chi connectivity index (χ0v) is 13.3. The van der Waals surface area contributed by atoms with Crippen LogP contribution in [0.4, 0.5) is 10.5 Å². The molecule has 1 saturated heterocycles. The average molecular weight is 343 g/mol. The number of thioether (sulfide) groups is 1. The van der Waals surface area contributed by atoms with Crippen LogP contribution in [0.5, 0.6) is 0 Å². The van der Waals surface area contributed by atoms with E-state index >= 15 is 0 Å². The number of nitrogens with zero attached hydrogens (tertiary/aromatic N) is 1. The van der Waals surface area contributed by atoms with Crippen LogP contribution in [-0.2, 0) is 14.3 Å². The molecule has 0 atom stereocenters. The van der Waals surface area contributed by atoms with Crippen molar-refractivity contribution in [1.82, 2.24) is 4.90 Å². The van der Waals surface area contributed by atoms with Gasteiger partial charge in [0.05, 0.1) is 6.42 Å². The van der Waals surface area contributed by atoms with E-state index in [1.165, 1.54) is 11.8 Å². The fourth-order valence-electron chi connectivity index (χ4n) is 1.84. The molecule has 0 bridgehead atoms. The van der Waals surface area contributed by atoms with E-state index in [0.29, 0.717) is 23.8 Å². The van der Waals surface area contributed by atoms with Crippen LogP contribution in [0.25, 0.3) is 0 Å². The topological polar surface area (TPSA) is 75.7 Å². The van der Waals surface area contributed by atoms with Crippen molar-refractivity contribution in [2.75, 3.05) is 30.8 Å². The smallest absolute Gasteiger partial charge is 0.308 e. The predicted octanol–water partition coefficient (Wildman–Crippen LogP) is 2.38. The first-order valence-corrected chi connectivity index (χ1v) is 8.04. The van der Waals surface area contributed by atoms with Crippen molar-refractivity contribution in [1.29, 1.82) is 0 Å². The SMILES string of the molecule is O=C(COC(=O)CCN1CCSC1=O)Nc1cccc(Cl)c1. The normalized spacial score (nSPS) is 14.0. The van der Waals surface area contributed by atoms with E-state index in [1.807, 2.05) is 0 Å². The number of hydrogen-bond donors (Lipinski definition) is 1. The van der Waals surface area contributed by atoms with Gasteiger partial charge in [0.2, 0.25) is 0 Å². The molecule has 0 spiro atoms. The number of esters is 1. The molecule has 22 heavy (non-hydrogen) atoms. The summed E-state index contributed by atoms with van der Waals surface area (Å²) in [6, 6.07) is 6.67. The van der Waals surface area contributed by atoms with Crippen molar-refractivity contribution in [2.45, 2.75) is 6.42 Å². The van der Waals surface area contributed by atoms with Gasteiger partial charge in [-0.15, -0.1) is 0 Å². The first-order valence-electron chi connectivity index (χ1n) is 6.67. The Labute approximate surface area is 137 Å². The lowest BCUT2D eigenvalue weighted by molar-refractivity contribution is -0.147. The summed E-state index contributed by atoms with van der Waals surface area (Å²) in [7, 11) is 0. The van der Waals surface area contributed by atoms with Crippen LogP contribution in [-0.4, -0.2) is 47.5 Å². The van der Waals surface area contributed by atoms with Gasteiger partial charge in [-0.1, -0.05) is 29.4 Å². The quantitative estimate of drug-likeness (QED) is 0.803. The molecule has 0 saturated carbocycles. The monoisotopic (exact) mass is 342 g/mol. The van der Waals surface area contributed by atoms with Crippen molar-refractivity contribution in [2.24, 2.45) is 0 Å². The largest absolute Gasteiger partial charge is 0.456 e. The van der Waals surface area contributed by atoms with Gasteiger partial charge < -0.3 is 15.0 Å². The summed E-state index contributed by atoms with van der Waals surface area (Å²) >= 11 is 7.04. The van der Waals surface area contributed by atoms with Gasteiger partial charge in [0, 0.05) is 29.6 Å². The molecule has 1 heterocycles. The van der Waals surface area contributed by atoms with Gasteiger partial charge in [-0.25, -0.2) is 0 Å². The first-order chi connectivity index (χ1) is 10.5. The van der Waals surface area contributed by atoms with Crippen LogP contribution in [0, 0.1) is 0 Å². The van der Waals surface area contributed by atoms with Crippen LogP contribution < -0.4 is 5.32 Å². The summed E-state index contributed by atoms with van der Waals surface area (Å²) in [5.41, 5.74) is 0.535. The Bertz CT molecular complexity index is 582. The Kier molecular flexibility index (Phi) is 6.09. The highest BCUT2D eigenvalue weighted by molar-refractivity contribution is 8.13. The van der Waals surface area contributed by atoms with Gasteiger partial charge in [-0.05, 0) is 18.2 Å². The molecule has 0 aromatic heterocycles. The van der Waals surface area contributed by atoms with Crippen LogP contribution in [0.15, 0.2) is 24.3 Å². The fourth-order valence-corrected chi connectivity index (χ4v) is 2.88. The van der Waals surface area contributed by atoms with Crippen LogP contribution in [0.2, 0.25) is 5.02 Å². The van der Waals surface area contributed by atoms with Gasteiger partial charge in [-0.3, -0.25) is 14.4 Å². The molecular formula is C14H15ClN2O4S. The minimum Gasteiger partial charge on any atom is -0.456 e. The molecular weight excluding hydrogens is 328 g/mol. The molecule has 2 rings (SSSR count). The Hall–Kier alpha value is -1.73. The lowest BCUT2D eigenvalue weighted by Gasteiger charge is -2.13. The van der Waals surface area contributed by atoms with E-state index in [-0.39, 0.29) is 18.3 Å². The molecule has 0 aliphatic carbocycles. The third-order valence-corrected chi connectivity index (χ3v) is 4.03. The van der Waals surface area contributed by atoms with E-state index < -0.39 is 11.9 Å². The zero-order chi connectivity index (χ0) is 15.9. The van der Waals surface area contributed by atoms with Gasteiger partial charge in [-0.2, -0.15) is 0 Å². The van der Waals surface area contributed by atoms with Crippen molar-refractivity contribution in [3.63, 3.8) is 0 Å². The Morgan fingerprint density at radius 2 is 2.23 bits per heavy atom. The molecule has 1 aliphatic heterocycles. The molecule has 1 fully saturated rings. The highest BCUT2D eigenvalue weighted by Gasteiger charge is 2.21. The van der Waals surface area contributed by atoms with E-state index in [1.54, 1.807) is 29.2 Å².